The number of benzene rings is 2. The summed E-state index contributed by atoms with van der Waals surface area (Å²) in [6.07, 6.45) is 1.54. The molecule has 0 aromatic heterocycles. The Hall–Kier alpha value is -2.11. The van der Waals surface area contributed by atoms with E-state index >= 15 is 0 Å². The first-order chi connectivity index (χ1) is 11.5. The molecule has 4 nitrogen and oxygen atoms in total. The van der Waals surface area contributed by atoms with Crippen LogP contribution in [0.2, 0.25) is 5.02 Å². The molecule has 3 rings (SSSR count). The highest BCUT2D eigenvalue weighted by atomic mass is 35.5. The SMILES string of the molecule is NC1CCN(C(=O)c2ccc(Oc3ccc(Cl)cc3)c(F)c2)CC1. The van der Waals surface area contributed by atoms with Crippen molar-refractivity contribution in [2.45, 2.75) is 18.9 Å². The molecule has 0 atom stereocenters. The van der Waals surface area contributed by atoms with E-state index in [4.69, 9.17) is 22.1 Å². The van der Waals surface area contributed by atoms with Crippen LogP contribution < -0.4 is 10.5 Å². The lowest BCUT2D eigenvalue weighted by Crippen LogP contribution is -2.42. The maximum absolute atomic E-state index is 14.3. The van der Waals surface area contributed by atoms with Crippen LogP contribution in [-0.2, 0) is 0 Å². The van der Waals surface area contributed by atoms with Gasteiger partial charge in [0.25, 0.3) is 5.91 Å². The maximum atomic E-state index is 14.3. The first kappa shape index (κ1) is 16.7. The Morgan fingerprint density at radius 2 is 1.83 bits per heavy atom. The summed E-state index contributed by atoms with van der Waals surface area (Å²) in [4.78, 5) is 14.1. The molecular weight excluding hydrogens is 331 g/mol. The van der Waals surface area contributed by atoms with E-state index < -0.39 is 5.82 Å². The van der Waals surface area contributed by atoms with Gasteiger partial charge >= 0.3 is 0 Å². The van der Waals surface area contributed by atoms with Crippen molar-refractivity contribution in [3.05, 3.63) is 58.9 Å². The van der Waals surface area contributed by atoms with Crippen molar-refractivity contribution in [2.75, 3.05) is 13.1 Å². The van der Waals surface area contributed by atoms with Gasteiger partial charge in [-0.05, 0) is 55.3 Å². The molecule has 0 unspecified atom stereocenters. The Morgan fingerprint density at radius 3 is 2.46 bits per heavy atom. The fourth-order valence-corrected chi connectivity index (χ4v) is 2.76. The lowest BCUT2D eigenvalue weighted by molar-refractivity contribution is 0.0714. The highest BCUT2D eigenvalue weighted by Crippen LogP contribution is 2.27. The van der Waals surface area contributed by atoms with Crippen LogP contribution in [0.4, 0.5) is 4.39 Å². The van der Waals surface area contributed by atoms with Crippen molar-refractivity contribution in [3.63, 3.8) is 0 Å². The second-order valence-corrected chi connectivity index (χ2v) is 6.27. The average Bonchev–Trinajstić information content (AvgIpc) is 2.58. The van der Waals surface area contributed by atoms with E-state index in [1.54, 1.807) is 35.2 Å². The number of nitrogens with two attached hydrogens (primary N) is 1. The van der Waals surface area contributed by atoms with Gasteiger partial charge in [-0.2, -0.15) is 0 Å². The predicted molar refractivity (Wildman–Crippen MR) is 91.0 cm³/mol. The van der Waals surface area contributed by atoms with Crippen molar-refractivity contribution in [2.24, 2.45) is 5.73 Å². The molecule has 0 aliphatic carbocycles. The van der Waals surface area contributed by atoms with Gasteiger partial charge < -0.3 is 15.4 Å². The molecule has 24 heavy (non-hydrogen) atoms. The standard InChI is InChI=1S/C18H18ClFN2O2/c19-13-2-4-15(5-3-13)24-17-6-1-12(11-16(17)20)18(23)22-9-7-14(21)8-10-22/h1-6,11,14H,7-10,21H2. The number of rotatable bonds is 3. The van der Waals surface area contributed by atoms with Gasteiger partial charge in [0.2, 0.25) is 0 Å². The Balaban J connectivity index is 1.72. The smallest absolute Gasteiger partial charge is 0.253 e. The molecule has 2 aromatic rings. The number of hydrogen-bond acceptors (Lipinski definition) is 3. The van der Waals surface area contributed by atoms with Crippen LogP contribution in [0.3, 0.4) is 0 Å². The van der Waals surface area contributed by atoms with E-state index in [1.165, 1.54) is 12.1 Å². The highest BCUT2D eigenvalue weighted by molar-refractivity contribution is 6.30. The molecule has 1 aliphatic heterocycles. The maximum Gasteiger partial charge on any atom is 0.253 e. The summed E-state index contributed by atoms with van der Waals surface area (Å²) in [6.45, 7) is 1.20. The zero-order valence-corrected chi connectivity index (χ0v) is 13.8. The number of hydrogen-bond donors (Lipinski definition) is 1. The first-order valence-electron chi connectivity index (χ1n) is 7.81. The second kappa shape index (κ2) is 7.20. The van der Waals surface area contributed by atoms with Crippen molar-refractivity contribution >= 4 is 17.5 Å². The number of nitrogens with zero attached hydrogens (tertiary/aromatic N) is 1. The molecule has 1 aliphatic rings. The third kappa shape index (κ3) is 3.86. The van der Waals surface area contributed by atoms with Gasteiger partial charge in [-0.15, -0.1) is 0 Å². The lowest BCUT2D eigenvalue weighted by atomic mass is 10.0. The van der Waals surface area contributed by atoms with Crippen LogP contribution >= 0.6 is 11.6 Å². The molecule has 1 amide bonds. The molecule has 1 heterocycles. The van der Waals surface area contributed by atoms with Gasteiger partial charge in [-0.1, -0.05) is 11.6 Å². The minimum Gasteiger partial charge on any atom is -0.454 e. The Morgan fingerprint density at radius 1 is 1.17 bits per heavy atom. The third-order valence-corrected chi connectivity index (χ3v) is 4.30. The Bertz CT molecular complexity index is 728. The quantitative estimate of drug-likeness (QED) is 0.917. The number of halogens is 2. The van der Waals surface area contributed by atoms with Crippen molar-refractivity contribution in [1.29, 1.82) is 0 Å². The van der Waals surface area contributed by atoms with Crippen molar-refractivity contribution in [3.8, 4) is 11.5 Å². The van der Waals surface area contributed by atoms with Gasteiger partial charge in [0.05, 0.1) is 0 Å². The molecule has 0 saturated carbocycles. The minimum atomic E-state index is -0.579. The summed E-state index contributed by atoms with van der Waals surface area (Å²) in [7, 11) is 0. The Labute approximate surface area is 145 Å². The fraction of sp³-hybridized carbons (Fsp3) is 0.278. The molecule has 0 spiro atoms. The summed E-state index contributed by atoms with van der Waals surface area (Å²) in [5.74, 6) is -0.222. The largest absolute Gasteiger partial charge is 0.454 e. The van der Waals surface area contributed by atoms with Gasteiger partial charge in [0.15, 0.2) is 11.6 Å². The number of likely N-dealkylation sites (tertiary alicyclic amines) is 1. The van der Waals surface area contributed by atoms with Crippen LogP contribution in [0.25, 0.3) is 0 Å². The summed E-state index contributed by atoms with van der Waals surface area (Å²) < 4.78 is 19.7. The number of ether oxygens (including phenoxy) is 1. The normalized spacial score (nSPS) is 15.4. The number of carbonyl (C=O) groups excluding carboxylic acids is 1. The predicted octanol–water partition coefficient (Wildman–Crippen LogP) is 3.83. The monoisotopic (exact) mass is 348 g/mol. The highest BCUT2D eigenvalue weighted by Gasteiger charge is 2.22. The van der Waals surface area contributed by atoms with Gasteiger partial charge in [0.1, 0.15) is 5.75 Å². The van der Waals surface area contributed by atoms with E-state index in [2.05, 4.69) is 0 Å². The van der Waals surface area contributed by atoms with Crippen molar-refractivity contribution < 1.29 is 13.9 Å². The summed E-state index contributed by atoms with van der Waals surface area (Å²) in [6, 6.07) is 11.0. The average molecular weight is 349 g/mol. The first-order valence-corrected chi connectivity index (χ1v) is 8.18. The van der Waals surface area contributed by atoms with Crippen LogP contribution in [0, 0.1) is 5.82 Å². The van der Waals surface area contributed by atoms with Crippen LogP contribution in [0.15, 0.2) is 42.5 Å². The summed E-state index contributed by atoms with van der Waals surface area (Å²) in [5, 5.41) is 0.574. The molecule has 126 valence electrons. The fourth-order valence-electron chi connectivity index (χ4n) is 2.63. The van der Waals surface area contributed by atoms with E-state index in [0.717, 1.165) is 12.8 Å². The molecule has 1 fully saturated rings. The van der Waals surface area contributed by atoms with Gasteiger partial charge in [-0.25, -0.2) is 4.39 Å². The lowest BCUT2D eigenvalue weighted by Gasteiger charge is -2.30. The van der Waals surface area contributed by atoms with Gasteiger partial charge in [-0.3, -0.25) is 4.79 Å². The molecule has 0 radical (unpaired) electrons. The molecular formula is C18H18ClFN2O2. The molecule has 0 bridgehead atoms. The second-order valence-electron chi connectivity index (χ2n) is 5.83. The van der Waals surface area contributed by atoms with E-state index in [1.807, 2.05) is 0 Å². The van der Waals surface area contributed by atoms with E-state index in [-0.39, 0.29) is 17.7 Å². The van der Waals surface area contributed by atoms with Gasteiger partial charge in [0, 0.05) is 29.7 Å². The van der Waals surface area contributed by atoms with Crippen LogP contribution in [0.5, 0.6) is 11.5 Å². The number of amides is 1. The molecule has 2 N–H and O–H groups in total. The summed E-state index contributed by atoms with van der Waals surface area (Å²) >= 11 is 5.80. The van der Waals surface area contributed by atoms with Crippen LogP contribution in [-0.4, -0.2) is 29.9 Å². The number of carbonyl (C=O) groups is 1. The molecule has 2 aromatic carbocycles. The minimum absolute atomic E-state index is 0.0644. The van der Waals surface area contributed by atoms with E-state index in [0.29, 0.717) is 29.4 Å². The Kier molecular flexibility index (Phi) is 5.02. The zero-order valence-electron chi connectivity index (χ0n) is 13.0. The molecule has 1 saturated heterocycles. The molecule has 6 heteroatoms. The third-order valence-electron chi connectivity index (χ3n) is 4.05. The van der Waals surface area contributed by atoms with E-state index in [9.17, 15) is 9.18 Å². The van der Waals surface area contributed by atoms with Crippen molar-refractivity contribution in [1.82, 2.24) is 4.90 Å². The summed E-state index contributed by atoms with van der Waals surface area (Å²) in [5.41, 5.74) is 6.15. The van der Waals surface area contributed by atoms with Crippen LogP contribution in [0.1, 0.15) is 23.2 Å². The zero-order chi connectivity index (χ0) is 17.1. The number of piperidine rings is 1. The topological polar surface area (TPSA) is 55.6 Å².